The molecule has 0 unspecified atom stereocenters. The normalized spacial score (nSPS) is 14.8. The zero-order valence-electron chi connectivity index (χ0n) is 19.3. The molecular weight excluding hydrogens is 395 g/mol. The molecule has 0 saturated carbocycles. The van der Waals surface area contributed by atoms with E-state index in [4.69, 9.17) is 18.2 Å². The van der Waals surface area contributed by atoms with Crippen LogP contribution in [0.4, 0.5) is 0 Å². The number of allylic oxidation sites excluding steroid dienone is 1. The predicted molar refractivity (Wildman–Crippen MR) is 117 cm³/mol. The molecule has 0 aromatic heterocycles. The number of ether oxygens (including phenoxy) is 1. The molecule has 0 aromatic carbocycles. The summed E-state index contributed by atoms with van der Waals surface area (Å²) in [5.41, 5.74) is 0.493. The maximum Gasteiger partial charge on any atom is 0.334 e. The fourth-order valence-electron chi connectivity index (χ4n) is 2.23. The third kappa shape index (κ3) is 9.84. The fourth-order valence-corrected chi connectivity index (χ4v) is 4.88. The van der Waals surface area contributed by atoms with Crippen molar-refractivity contribution in [3.05, 3.63) is 11.6 Å². The van der Waals surface area contributed by atoms with Gasteiger partial charge in [0.25, 0.3) is 0 Å². The van der Waals surface area contributed by atoms with Gasteiger partial charge in [-0.1, -0.05) is 33.8 Å². The number of esters is 1. The molecule has 6 nitrogen and oxygen atoms in total. The highest BCUT2D eigenvalue weighted by Gasteiger charge is 2.37. The minimum absolute atomic E-state index is 0.0542. The van der Waals surface area contributed by atoms with Crippen molar-refractivity contribution >= 4 is 21.9 Å². The topological polar surface area (TPSA) is 71.1 Å². The van der Waals surface area contributed by atoms with Crippen molar-refractivity contribution in [1.29, 1.82) is 0 Å². The molecule has 28 heavy (non-hydrogen) atoms. The van der Waals surface area contributed by atoms with Gasteiger partial charge in [0.15, 0.2) is 8.32 Å². The molecular formula is C20H41O6PSi. The van der Waals surface area contributed by atoms with Gasteiger partial charge in [0, 0.05) is 12.2 Å². The lowest BCUT2D eigenvalue weighted by Gasteiger charge is -2.37. The average molecular weight is 437 g/mol. The van der Waals surface area contributed by atoms with E-state index in [2.05, 4.69) is 33.9 Å². The lowest BCUT2D eigenvalue weighted by Crippen LogP contribution is -2.41. The maximum atomic E-state index is 12.7. The van der Waals surface area contributed by atoms with Crippen molar-refractivity contribution in [3.8, 4) is 0 Å². The highest BCUT2D eigenvalue weighted by molar-refractivity contribution is 7.54. The van der Waals surface area contributed by atoms with Crippen LogP contribution in [0.5, 0.6) is 0 Å². The Bertz CT molecular complexity index is 543. The number of hydrogen-bond donors (Lipinski definition) is 0. The van der Waals surface area contributed by atoms with Crippen molar-refractivity contribution in [3.63, 3.8) is 0 Å². The van der Waals surface area contributed by atoms with Crippen LogP contribution in [0.25, 0.3) is 0 Å². The third-order valence-electron chi connectivity index (χ3n) is 4.85. The van der Waals surface area contributed by atoms with Crippen LogP contribution in [0.1, 0.15) is 54.9 Å². The highest BCUT2D eigenvalue weighted by atomic mass is 31.2. The van der Waals surface area contributed by atoms with Gasteiger partial charge >= 0.3 is 13.6 Å². The predicted octanol–water partition coefficient (Wildman–Crippen LogP) is 5.79. The van der Waals surface area contributed by atoms with Gasteiger partial charge in [0.1, 0.15) is 0 Å². The molecule has 0 aliphatic carbocycles. The lowest BCUT2D eigenvalue weighted by atomic mass is 10.0. The molecule has 0 amide bonds. The molecule has 0 aliphatic rings. The van der Waals surface area contributed by atoms with E-state index in [9.17, 15) is 9.36 Å². The first kappa shape index (κ1) is 27.5. The Morgan fingerprint density at radius 2 is 1.61 bits per heavy atom. The van der Waals surface area contributed by atoms with Crippen LogP contribution < -0.4 is 0 Å². The van der Waals surface area contributed by atoms with Crippen LogP contribution in [-0.4, -0.2) is 46.9 Å². The smallest absolute Gasteiger partial charge is 0.334 e. The Morgan fingerprint density at radius 1 is 1.07 bits per heavy atom. The first-order chi connectivity index (χ1) is 12.8. The Kier molecular flexibility index (Phi) is 12.1. The van der Waals surface area contributed by atoms with Gasteiger partial charge in [-0.25, -0.2) is 4.79 Å². The number of carbonyl (C=O) groups excluding carboxylic acids is 1. The van der Waals surface area contributed by atoms with Crippen LogP contribution in [0.2, 0.25) is 18.1 Å². The van der Waals surface area contributed by atoms with E-state index < -0.39 is 15.9 Å². The molecule has 0 radical (unpaired) electrons. The van der Waals surface area contributed by atoms with Crippen molar-refractivity contribution in [2.45, 2.75) is 73.0 Å². The van der Waals surface area contributed by atoms with E-state index in [-0.39, 0.29) is 36.3 Å². The first-order valence-electron chi connectivity index (χ1n) is 10.2. The summed E-state index contributed by atoms with van der Waals surface area (Å²) < 4.78 is 34.8. The molecule has 0 N–H and O–H groups in total. The fraction of sp³-hybridized carbons (Fsp3) is 0.850. The summed E-state index contributed by atoms with van der Waals surface area (Å²) in [6, 6.07) is 0. The molecule has 0 aliphatic heterocycles. The van der Waals surface area contributed by atoms with Crippen molar-refractivity contribution in [1.82, 2.24) is 0 Å². The molecule has 0 spiro atoms. The molecule has 166 valence electrons. The molecule has 8 heteroatoms. The van der Waals surface area contributed by atoms with Crippen molar-refractivity contribution < 1.29 is 27.6 Å². The molecule has 0 saturated heterocycles. The van der Waals surface area contributed by atoms with Gasteiger partial charge in [-0.15, -0.1) is 0 Å². The Morgan fingerprint density at radius 3 is 2.04 bits per heavy atom. The van der Waals surface area contributed by atoms with Gasteiger partial charge in [-0.05, 0) is 51.2 Å². The highest BCUT2D eigenvalue weighted by Crippen LogP contribution is 2.48. The van der Waals surface area contributed by atoms with Crippen LogP contribution in [0, 0.1) is 5.92 Å². The minimum Gasteiger partial charge on any atom is -0.463 e. The first-order valence-corrected chi connectivity index (χ1v) is 14.8. The van der Waals surface area contributed by atoms with E-state index in [1.807, 2.05) is 6.92 Å². The lowest BCUT2D eigenvalue weighted by molar-refractivity contribution is -0.138. The summed E-state index contributed by atoms with van der Waals surface area (Å²) in [5.74, 6) is -0.260. The van der Waals surface area contributed by atoms with Crippen molar-refractivity contribution in [2.75, 3.05) is 32.6 Å². The quantitative estimate of drug-likeness (QED) is 0.157. The standard InChI is InChI=1S/C20H41O6PSi/c1-10-23-19(21)18(13-14-27(22,24-11-2)25-12-3)15-17(4)16-26-28(8,9)20(5,6)7/h13,17H,10-12,14-16H2,1-9H3/b18-13+/t17-/m1/s1. The van der Waals surface area contributed by atoms with Crippen LogP contribution >= 0.6 is 7.60 Å². The molecule has 0 aromatic rings. The SMILES string of the molecule is CCOC(=O)/C(=C/CP(=O)(OCC)OCC)C[C@@H](C)CO[Si](C)(C)C(C)(C)C. The molecule has 0 rings (SSSR count). The second-order valence-corrected chi connectivity index (χ2v) is 15.4. The van der Waals surface area contributed by atoms with E-state index in [0.717, 1.165) is 0 Å². The van der Waals surface area contributed by atoms with Crippen molar-refractivity contribution in [2.24, 2.45) is 5.92 Å². The third-order valence-corrected chi connectivity index (χ3v) is 11.3. The molecule has 0 fully saturated rings. The maximum absolute atomic E-state index is 12.7. The van der Waals surface area contributed by atoms with Crippen LogP contribution in [0.3, 0.4) is 0 Å². The van der Waals surface area contributed by atoms with Crippen LogP contribution in [-0.2, 0) is 27.6 Å². The zero-order chi connectivity index (χ0) is 22.0. The van der Waals surface area contributed by atoms with Gasteiger partial charge in [-0.2, -0.15) is 0 Å². The summed E-state index contributed by atoms with van der Waals surface area (Å²) >= 11 is 0. The van der Waals surface area contributed by atoms with Crippen LogP contribution in [0.15, 0.2) is 11.6 Å². The number of rotatable bonds is 13. The van der Waals surface area contributed by atoms with E-state index in [0.29, 0.717) is 25.2 Å². The van der Waals surface area contributed by atoms with E-state index in [1.54, 1.807) is 26.8 Å². The number of carbonyl (C=O) groups is 1. The zero-order valence-corrected chi connectivity index (χ0v) is 21.2. The second-order valence-electron chi connectivity index (χ2n) is 8.46. The second kappa shape index (κ2) is 12.3. The monoisotopic (exact) mass is 436 g/mol. The summed E-state index contributed by atoms with van der Waals surface area (Å²) in [6.45, 7) is 19.8. The Labute approximate surface area is 173 Å². The summed E-state index contributed by atoms with van der Waals surface area (Å²) in [7, 11) is -5.10. The summed E-state index contributed by atoms with van der Waals surface area (Å²) in [6.07, 6.45) is 2.19. The number of hydrogen-bond acceptors (Lipinski definition) is 6. The van der Waals surface area contributed by atoms with Gasteiger partial charge in [0.05, 0.1) is 26.0 Å². The van der Waals surface area contributed by atoms with Gasteiger partial charge < -0.3 is 18.2 Å². The molecule has 1 atom stereocenters. The van der Waals surface area contributed by atoms with Gasteiger partial charge in [0.2, 0.25) is 0 Å². The molecule has 0 heterocycles. The van der Waals surface area contributed by atoms with E-state index >= 15 is 0 Å². The Balaban J connectivity index is 5.21. The summed E-state index contributed by atoms with van der Waals surface area (Å²) in [4.78, 5) is 12.4. The average Bonchev–Trinajstić information content (AvgIpc) is 2.56. The summed E-state index contributed by atoms with van der Waals surface area (Å²) in [5, 5.41) is 0.133. The molecule has 0 bridgehead atoms. The Hall–Kier alpha value is -0.463. The minimum atomic E-state index is -3.25. The largest absolute Gasteiger partial charge is 0.463 e. The van der Waals surface area contributed by atoms with E-state index in [1.165, 1.54) is 0 Å². The van der Waals surface area contributed by atoms with Gasteiger partial charge in [-0.3, -0.25) is 4.57 Å².